The van der Waals surface area contributed by atoms with E-state index in [0.29, 0.717) is 18.3 Å². The number of benzene rings is 1. The van der Waals surface area contributed by atoms with Crippen molar-refractivity contribution in [3.63, 3.8) is 0 Å². The van der Waals surface area contributed by atoms with Gasteiger partial charge in [0.05, 0.1) is 18.9 Å². The van der Waals surface area contributed by atoms with Crippen LogP contribution in [-0.2, 0) is 16.1 Å². The Morgan fingerprint density at radius 2 is 1.94 bits per heavy atom. The average Bonchev–Trinajstić information content (AvgIpc) is 3.48. The Morgan fingerprint density at radius 3 is 2.66 bits per heavy atom. The van der Waals surface area contributed by atoms with E-state index in [2.05, 4.69) is 37.5 Å². The van der Waals surface area contributed by atoms with E-state index < -0.39 is 0 Å². The molecule has 0 aliphatic carbocycles. The van der Waals surface area contributed by atoms with Crippen LogP contribution in [-0.4, -0.2) is 58.2 Å². The Labute approximate surface area is 192 Å². The first-order valence-corrected chi connectivity index (χ1v) is 11.7. The first kappa shape index (κ1) is 22.3. The number of pyridine rings is 1. The number of nitrogens with zero attached hydrogens (tertiary/aromatic N) is 5. The monoisotopic (exact) mass is 452 g/mol. The summed E-state index contributed by atoms with van der Waals surface area (Å²) in [5.74, 6) is 0.911. The lowest BCUT2D eigenvalue weighted by Crippen LogP contribution is -2.19. The molecule has 168 valence electrons. The van der Waals surface area contributed by atoms with E-state index in [9.17, 15) is 4.79 Å². The second-order valence-corrected chi connectivity index (χ2v) is 8.66. The highest BCUT2D eigenvalue weighted by Gasteiger charge is 2.17. The van der Waals surface area contributed by atoms with Gasteiger partial charge in [-0.15, -0.1) is 10.2 Å². The highest BCUT2D eigenvalue weighted by atomic mass is 32.2. The molecule has 8 nitrogen and oxygen atoms in total. The van der Waals surface area contributed by atoms with E-state index in [-0.39, 0.29) is 11.7 Å². The van der Waals surface area contributed by atoms with Crippen molar-refractivity contribution in [1.29, 1.82) is 0 Å². The van der Waals surface area contributed by atoms with Gasteiger partial charge < -0.3 is 15.0 Å². The van der Waals surface area contributed by atoms with Crippen LogP contribution in [0.4, 0.5) is 11.4 Å². The minimum absolute atomic E-state index is 0.0706. The van der Waals surface area contributed by atoms with Gasteiger partial charge >= 0.3 is 0 Å². The lowest BCUT2D eigenvalue weighted by molar-refractivity contribution is -0.113. The zero-order valence-electron chi connectivity index (χ0n) is 18.5. The Hall–Kier alpha value is -2.91. The number of thioether (sulfide) groups is 1. The van der Waals surface area contributed by atoms with Crippen molar-refractivity contribution in [1.82, 2.24) is 19.7 Å². The Kier molecular flexibility index (Phi) is 7.39. The van der Waals surface area contributed by atoms with Crippen molar-refractivity contribution >= 4 is 29.0 Å². The molecule has 3 aromatic rings. The van der Waals surface area contributed by atoms with Gasteiger partial charge in [-0.05, 0) is 55.7 Å². The summed E-state index contributed by atoms with van der Waals surface area (Å²) < 4.78 is 7.22. The molecule has 1 aliphatic rings. The molecule has 1 aliphatic heterocycles. The van der Waals surface area contributed by atoms with Crippen LogP contribution < -0.4 is 10.2 Å². The summed E-state index contributed by atoms with van der Waals surface area (Å²) in [6, 6.07) is 10.0. The smallest absolute Gasteiger partial charge is 0.234 e. The van der Waals surface area contributed by atoms with Crippen molar-refractivity contribution in [2.45, 2.75) is 31.5 Å². The van der Waals surface area contributed by atoms with Crippen LogP contribution in [0.3, 0.4) is 0 Å². The number of anilines is 2. The number of aromatic nitrogens is 4. The zero-order chi connectivity index (χ0) is 22.3. The molecule has 0 bridgehead atoms. The van der Waals surface area contributed by atoms with Crippen LogP contribution in [0.2, 0.25) is 0 Å². The SMILES string of the molecule is COCCn1c(SCC(=O)Nc2ccc(N3CCCC3)cc2C)nnc1-c1ccncc1. The van der Waals surface area contributed by atoms with Crippen molar-refractivity contribution < 1.29 is 9.53 Å². The lowest BCUT2D eigenvalue weighted by atomic mass is 10.1. The molecule has 32 heavy (non-hydrogen) atoms. The predicted molar refractivity (Wildman–Crippen MR) is 127 cm³/mol. The minimum Gasteiger partial charge on any atom is -0.383 e. The quantitative estimate of drug-likeness (QED) is 0.496. The van der Waals surface area contributed by atoms with Crippen molar-refractivity contribution in [2.75, 3.05) is 42.8 Å². The van der Waals surface area contributed by atoms with E-state index >= 15 is 0 Å². The molecule has 1 aromatic carbocycles. The fourth-order valence-corrected chi connectivity index (χ4v) is 4.54. The van der Waals surface area contributed by atoms with Crippen molar-refractivity contribution in [3.8, 4) is 11.4 Å². The summed E-state index contributed by atoms with van der Waals surface area (Å²) in [5, 5.41) is 12.4. The highest BCUT2D eigenvalue weighted by Crippen LogP contribution is 2.27. The molecule has 2 aromatic heterocycles. The van der Waals surface area contributed by atoms with E-state index in [0.717, 1.165) is 35.7 Å². The number of methoxy groups -OCH3 is 1. The highest BCUT2D eigenvalue weighted by molar-refractivity contribution is 7.99. The number of carbonyl (C=O) groups is 1. The number of nitrogens with one attached hydrogen (secondary N) is 1. The van der Waals surface area contributed by atoms with Crippen LogP contribution in [0.25, 0.3) is 11.4 Å². The van der Waals surface area contributed by atoms with Crippen LogP contribution in [0, 0.1) is 6.92 Å². The maximum absolute atomic E-state index is 12.6. The lowest BCUT2D eigenvalue weighted by Gasteiger charge is -2.19. The van der Waals surface area contributed by atoms with E-state index in [1.165, 1.54) is 30.3 Å². The molecule has 0 saturated carbocycles. The number of carbonyl (C=O) groups excluding carboxylic acids is 1. The molecule has 0 unspecified atom stereocenters. The molecule has 1 fully saturated rings. The van der Waals surface area contributed by atoms with Crippen LogP contribution in [0.15, 0.2) is 47.9 Å². The summed E-state index contributed by atoms with van der Waals surface area (Å²) in [5.41, 5.74) is 4.06. The standard InChI is InChI=1S/C23H28N6O2S/c1-17-15-19(28-11-3-4-12-28)5-6-20(17)25-21(30)16-32-23-27-26-22(29(23)13-14-31-2)18-7-9-24-10-8-18/h5-10,15H,3-4,11-14,16H2,1-2H3,(H,25,30). The van der Waals surface area contributed by atoms with Gasteiger partial charge in [-0.25, -0.2) is 0 Å². The Morgan fingerprint density at radius 1 is 1.16 bits per heavy atom. The molecule has 1 saturated heterocycles. The summed E-state index contributed by atoms with van der Waals surface area (Å²) in [7, 11) is 1.66. The Balaban J connectivity index is 1.41. The third kappa shape index (κ3) is 5.28. The first-order chi connectivity index (χ1) is 15.7. The number of ether oxygens (including phenoxy) is 1. The van der Waals surface area contributed by atoms with E-state index in [1.807, 2.05) is 29.7 Å². The number of rotatable bonds is 9. The van der Waals surface area contributed by atoms with E-state index in [1.54, 1.807) is 19.5 Å². The second-order valence-electron chi connectivity index (χ2n) is 7.72. The number of hydrogen-bond acceptors (Lipinski definition) is 7. The third-order valence-corrected chi connectivity index (χ3v) is 6.43. The average molecular weight is 453 g/mol. The van der Waals surface area contributed by atoms with Gasteiger partial charge in [0.1, 0.15) is 0 Å². The molecule has 9 heteroatoms. The molecule has 1 N–H and O–H groups in total. The minimum atomic E-state index is -0.0706. The fraction of sp³-hybridized carbons (Fsp3) is 0.391. The molecular weight excluding hydrogens is 424 g/mol. The summed E-state index contributed by atoms with van der Waals surface area (Å²) in [4.78, 5) is 19.1. The molecule has 4 rings (SSSR count). The van der Waals surface area contributed by atoms with Gasteiger partial charge in [0, 0.05) is 49.5 Å². The normalized spacial score (nSPS) is 13.5. The van der Waals surface area contributed by atoms with Crippen LogP contribution in [0.5, 0.6) is 0 Å². The largest absolute Gasteiger partial charge is 0.383 e. The van der Waals surface area contributed by atoms with Crippen LogP contribution >= 0.6 is 11.8 Å². The van der Waals surface area contributed by atoms with Crippen molar-refractivity contribution in [2.24, 2.45) is 0 Å². The molecule has 0 atom stereocenters. The van der Waals surface area contributed by atoms with Gasteiger partial charge in [0.15, 0.2) is 11.0 Å². The number of amides is 1. The Bertz CT molecular complexity index is 1050. The zero-order valence-corrected chi connectivity index (χ0v) is 19.3. The van der Waals surface area contributed by atoms with Gasteiger partial charge in [-0.2, -0.15) is 0 Å². The topological polar surface area (TPSA) is 85.2 Å². The van der Waals surface area contributed by atoms with Gasteiger partial charge in [-0.1, -0.05) is 11.8 Å². The molecule has 0 spiro atoms. The summed E-state index contributed by atoms with van der Waals surface area (Å²) >= 11 is 1.37. The second kappa shape index (κ2) is 10.6. The van der Waals surface area contributed by atoms with Gasteiger partial charge in [-0.3, -0.25) is 14.3 Å². The van der Waals surface area contributed by atoms with Gasteiger partial charge in [0.25, 0.3) is 0 Å². The maximum atomic E-state index is 12.6. The summed E-state index contributed by atoms with van der Waals surface area (Å²) in [6.07, 6.45) is 5.93. The molecule has 3 heterocycles. The number of hydrogen-bond donors (Lipinski definition) is 1. The third-order valence-electron chi connectivity index (χ3n) is 5.46. The van der Waals surface area contributed by atoms with E-state index in [4.69, 9.17) is 4.74 Å². The number of aryl methyl sites for hydroxylation is 1. The maximum Gasteiger partial charge on any atom is 0.234 e. The summed E-state index contributed by atoms with van der Waals surface area (Å²) in [6.45, 7) is 5.37. The fourth-order valence-electron chi connectivity index (χ4n) is 3.77. The molecule has 1 amide bonds. The van der Waals surface area contributed by atoms with Gasteiger partial charge in [0.2, 0.25) is 5.91 Å². The predicted octanol–water partition coefficient (Wildman–Crippen LogP) is 3.63. The van der Waals surface area contributed by atoms with Crippen LogP contribution in [0.1, 0.15) is 18.4 Å². The molecular formula is C23H28N6O2S. The first-order valence-electron chi connectivity index (χ1n) is 10.8. The molecule has 0 radical (unpaired) electrons. The van der Waals surface area contributed by atoms with Crippen molar-refractivity contribution in [3.05, 3.63) is 48.3 Å².